The van der Waals surface area contributed by atoms with E-state index in [1.54, 1.807) is 0 Å². The number of rotatable bonds is 3. The molecule has 0 bridgehead atoms. The van der Waals surface area contributed by atoms with Crippen LogP contribution in [0.1, 0.15) is 5.56 Å². The van der Waals surface area contributed by atoms with Crippen LogP contribution < -0.4 is 4.74 Å². The molecule has 1 nitrogen and oxygen atoms in total. The third kappa shape index (κ3) is 2.54. The minimum Gasteiger partial charge on any atom is -0.485 e. The summed E-state index contributed by atoms with van der Waals surface area (Å²) in [5, 5.41) is 1.79. The average molecular weight is 331 g/mol. The summed E-state index contributed by atoms with van der Waals surface area (Å²) in [5.74, 6) is -0.0981. The third-order valence-electron chi connectivity index (χ3n) is 3.12. The fourth-order valence-corrected chi connectivity index (χ4v) is 2.78. The zero-order chi connectivity index (χ0) is 13.9. The van der Waals surface area contributed by atoms with Crippen molar-refractivity contribution < 1.29 is 9.13 Å². The largest absolute Gasteiger partial charge is 0.485 e. The molecule has 0 aliphatic carbocycles. The van der Waals surface area contributed by atoms with Crippen LogP contribution in [-0.4, -0.2) is 0 Å². The fourth-order valence-electron chi connectivity index (χ4n) is 2.11. The summed E-state index contributed by atoms with van der Waals surface area (Å²) in [4.78, 5) is 0. The van der Waals surface area contributed by atoms with Crippen molar-refractivity contribution >= 4 is 26.7 Å². The first-order valence-electron chi connectivity index (χ1n) is 6.29. The molecule has 0 N–H and O–H groups in total. The standard InChI is InChI=1S/C17H12BrFO/c18-16-14-9-5-4-8-13(14)10-15(19)17(16)20-11-12-6-2-1-3-7-12/h1-10H,11H2. The van der Waals surface area contributed by atoms with Gasteiger partial charge in [0.25, 0.3) is 0 Å². The smallest absolute Gasteiger partial charge is 0.170 e. The van der Waals surface area contributed by atoms with E-state index >= 15 is 0 Å². The highest BCUT2D eigenvalue weighted by atomic mass is 79.9. The molecule has 0 aliphatic rings. The maximum Gasteiger partial charge on any atom is 0.170 e. The number of halogens is 2. The molecule has 0 heterocycles. The molecule has 0 amide bonds. The molecule has 100 valence electrons. The van der Waals surface area contributed by atoms with Crippen LogP contribution >= 0.6 is 15.9 Å². The van der Waals surface area contributed by atoms with Crippen molar-refractivity contribution in [2.45, 2.75) is 6.61 Å². The van der Waals surface area contributed by atoms with Gasteiger partial charge in [0, 0.05) is 0 Å². The minimum absolute atomic E-state index is 0.257. The van der Waals surface area contributed by atoms with Gasteiger partial charge in [-0.25, -0.2) is 4.39 Å². The second-order valence-corrected chi connectivity index (χ2v) is 5.29. The van der Waals surface area contributed by atoms with E-state index in [1.165, 1.54) is 6.07 Å². The lowest BCUT2D eigenvalue weighted by Gasteiger charge is -2.11. The molecule has 0 saturated carbocycles. The monoisotopic (exact) mass is 330 g/mol. The number of hydrogen-bond acceptors (Lipinski definition) is 1. The van der Waals surface area contributed by atoms with Crippen molar-refractivity contribution in [2.75, 3.05) is 0 Å². The quantitative estimate of drug-likeness (QED) is 0.631. The maximum absolute atomic E-state index is 14.1. The number of benzene rings is 3. The van der Waals surface area contributed by atoms with Crippen LogP contribution in [-0.2, 0) is 6.61 Å². The first kappa shape index (κ1) is 13.1. The van der Waals surface area contributed by atoms with E-state index in [2.05, 4.69) is 15.9 Å². The Labute approximate surface area is 125 Å². The van der Waals surface area contributed by atoms with Gasteiger partial charge in [-0.15, -0.1) is 0 Å². The molecular weight excluding hydrogens is 319 g/mol. The van der Waals surface area contributed by atoms with Crippen LogP contribution in [0.4, 0.5) is 4.39 Å². The Kier molecular flexibility index (Phi) is 3.70. The summed E-state index contributed by atoms with van der Waals surface area (Å²) >= 11 is 3.44. The van der Waals surface area contributed by atoms with Gasteiger partial charge in [-0.05, 0) is 38.3 Å². The Bertz CT molecular complexity index is 741. The second-order valence-electron chi connectivity index (χ2n) is 4.50. The summed E-state index contributed by atoms with van der Waals surface area (Å²) in [6.07, 6.45) is 0. The van der Waals surface area contributed by atoms with Crippen molar-refractivity contribution in [1.82, 2.24) is 0 Å². The Morgan fingerprint density at radius 3 is 2.45 bits per heavy atom. The van der Waals surface area contributed by atoms with Gasteiger partial charge >= 0.3 is 0 Å². The average Bonchev–Trinajstić information content (AvgIpc) is 2.48. The Morgan fingerprint density at radius 2 is 1.65 bits per heavy atom. The van der Waals surface area contributed by atoms with Crippen LogP contribution in [0.5, 0.6) is 5.75 Å². The van der Waals surface area contributed by atoms with E-state index in [1.807, 2.05) is 54.6 Å². The van der Waals surface area contributed by atoms with Crippen molar-refractivity contribution in [3.8, 4) is 5.75 Å². The number of ether oxygens (including phenoxy) is 1. The maximum atomic E-state index is 14.1. The third-order valence-corrected chi connectivity index (χ3v) is 3.91. The molecule has 0 spiro atoms. The van der Waals surface area contributed by atoms with E-state index < -0.39 is 0 Å². The van der Waals surface area contributed by atoms with Gasteiger partial charge in [-0.3, -0.25) is 0 Å². The molecule has 0 aliphatic heterocycles. The Morgan fingerprint density at radius 1 is 0.950 bits per heavy atom. The van der Waals surface area contributed by atoms with Gasteiger partial charge in [0.05, 0.1) is 4.47 Å². The van der Waals surface area contributed by atoms with E-state index in [0.717, 1.165) is 16.3 Å². The summed E-state index contributed by atoms with van der Waals surface area (Å²) in [7, 11) is 0. The molecule has 3 rings (SSSR count). The van der Waals surface area contributed by atoms with Gasteiger partial charge in [-0.1, -0.05) is 54.6 Å². The molecular formula is C17H12BrFO. The lowest BCUT2D eigenvalue weighted by Crippen LogP contribution is -1.98. The van der Waals surface area contributed by atoms with Crippen LogP contribution in [0.3, 0.4) is 0 Å². The molecule has 0 atom stereocenters. The van der Waals surface area contributed by atoms with Crippen molar-refractivity contribution in [1.29, 1.82) is 0 Å². The summed E-state index contributed by atoms with van der Waals surface area (Å²) in [5.41, 5.74) is 1.01. The van der Waals surface area contributed by atoms with Gasteiger partial charge in [0.1, 0.15) is 6.61 Å². The van der Waals surface area contributed by atoms with Crippen LogP contribution in [0.2, 0.25) is 0 Å². The van der Waals surface area contributed by atoms with Crippen LogP contribution in [0.15, 0.2) is 65.1 Å². The zero-order valence-electron chi connectivity index (χ0n) is 10.6. The minimum atomic E-state index is -0.355. The molecule has 3 aromatic rings. The number of fused-ring (bicyclic) bond motifs is 1. The number of hydrogen-bond donors (Lipinski definition) is 0. The molecule has 0 radical (unpaired) electrons. The van der Waals surface area contributed by atoms with Crippen LogP contribution in [0, 0.1) is 5.82 Å². The topological polar surface area (TPSA) is 9.23 Å². The SMILES string of the molecule is Fc1cc2ccccc2c(Br)c1OCc1ccccc1. The van der Waals surface area contributed by atoms with Gasteiger partial charge in [0.15, 0.2) is 11.6 Å². The molecule has 0 aromatic heterocycles. The van der Waals surface area contributed by atoms with Crippen molar-refractivity contribution in [3.05, 3.63) is 76.5 Å². The summed E-state index contributed by atoms with van der Waals surface area (Å²) < 4.78 is 20.4. The predicted molar refractivity (Wildman–Crippen MR) is 82.4 cm³/mol. The molecule has 0 unspecified atom stereocenters. The van der Waals surface area contributed by atoms with E-state index in [-0.39, 0.29) is 11.6 Å². The highest BCUT2D eigenvalue weighted by Gasteiger charge is 2.12. The van der Waals surface area contributed by atoms with Gasteiger partial charge < -0.3 is 4.74 Å². The van der Waals surface area contributed by atoms with Gasteiger partial charge in [0.2, 0.25) is 0 Å². The normalized spacial score (nSPS) is 10.7. The Hall–Kier alpha value is -1.87. The van der Waals surface area contributed by atoms with Crippen LogP contribution in [0.25, 0.3) is 10.8 Å². The van der Waals surface area contributed by atoms with Gasteiger partial charge in [-0.2, -0.15) is 0 Å². The second kappa shape index (κ2) is 5.63. The summed E-state index contributed by atoms with van der Waals surface area (Å²) in [6, 6.07) is 18.8. The van der Waals surface area contributed by atoms with E-state index in [9.17, 15) is 4.39 Å². The molecule has 0 fully saturated rings. The fraction of sp³-hybridized carbons (Fsp3) is 0.0588. The van der Waals surface area contributed by atoms with Crippen molar-refractivity contribution in [2.24, 2.45) is 0 Å². The molecule has 3 aromatic carbocycles. The lowest BCUT2D eigenvalue weighted by molar-refractivity contribution is 0.289. The first-order chi connectivity index (χ1) is 9.75. The zero-order valence-corrected chi connectivity index (χ0v) is 12.2. The molecule has 0 saturated heterocycles. The van der Waals surface area contributed by atoms with E-state index in [4.69, 9.17) is 4.74 Å². The predicted octanol–water partition coefficient (Wildman–Crippen LogP) is 5.32. The molecule has 20 heavy (non-hydrogen) atoms. The first-order valence-corrected chi connectivity index (χ1v) is 7.08. The Balaban J connectivity index is 1.95. The lowest BCUT2D eigenvalue weighted by atomic mass is 10.1. The summed E-state index contributed by atoms with van der Waals surface area (Å²) in [6.45, 7) is 0.342. The van der Waals surface area contributed by atoms with Crippen molar-refractivity contribution in [3.63, 3.8) is 0 Å². The molecule has 3 heteroatoms. The highest BCUT2D eigenvalue weighted by molar-refractivity contribution is 9.10. The van der Waals surface area contributed by atoms with E-state index in [0.29, 0.717) is 11.1 Å². The highest BCUT2D eigenvalue weighted by Crippen LogP contribution is 2.36.